The smallest absolute Gasteiger partial charge is 0.155 e. The highest BCUT2D eigenvalue weighted by molar-refractivity contribution is 6.22. The van der Waals surface area contributed by atoms with E-state index in [0.29, 0.717) is 11.7 Å². The predicted molar refractivity (Wildman–Crippen MR) is 118 cm³/mol. The second-order valence-corrected chi connectivity index (χ2v) is 7.62. The molecule has 0 saturated carbocycles. The molecule has 1 heterocycles. The van der Waals surface area contributed by atoms with Crippen LogP contribution in [-0.4, -0.2) is 52.8 Å². The lowest BCUT2D eigenvalue weighted by molar-refractivity contribution is 0.192. The number of methoxy groups -OCH3 is 3. The van der Waals surface area contributed by atoms with Crippen LogP contribution in [0.1, 0.15) is 66.3 Å². The topological polar surface area (TPSA) is 89.9 Å². The van der Waals surface area contributed by atoms with E-state index in [-0.39, 0.29) is 0 Å². The van der Waals surface area contributed by atoms with Crippen molar-refractivity contribution in [2.75, 3.05) is 41.2 Å². The maximum atomic E-state index is 8.47. The predicted octanol–water partition coefficient (Wildman–Crippen LogP) is 3.64. The molecule has 1 aromatic carbocycles. The normalized spacial score (nSPS) is 13.1. The fourth-order valence-corrected chi connectivity index (χ4v) is 4.01. The molecule has 0 fully saturated rings. The highest BCUT2D eigenvalue weighted by atomic mass is 16.5. The largest absolute Gasteiger partial charge is 0.385 e. The van der Waals surface area contributed by atoms with Crippen molar-refractivity contribution in [3.63, 3.8) is 0 Å². The van der Waals surface area contributed by atoms with Crippen LogP contribution in [0.15, 0.2) is 11.1 Å². The van der Waals surface area contributed by atoms with E-state index >= 15 is 0 Å². The summed E-state index contributed by atoms with van der Waals surface area (Å²) in [6.07, 6.45) is 9.07. The monoisotopic (exact) mass is 403 g/mol. The summed E-state index contributed by atoms with van der Waals surface area (Å²) in [5.41, 5.74) is 12.0. The van der Waals surface area contributed by atoms with E-state index in [1.165, 1.54) is 16.7 Å². The third kappa shape index (κ3) is 6.63. The molecule has 0 spiro atoms. The molecule has 1 aliphatic rings. The molecule has 6 heteroatoms. The van der Waals surface area contributed by atoms with E-state index in [0.717, 1.165) is 88.7 Å². The fourth-order valence-electron chi connectivity index (χ4n) is 4.01. The number of benzene rings is 1. The van der Waals surface area contributed by atoms with Gasteiger partial charge in [-0.15, -0.1) is 0 Å². The summed E-state index contributed by atoms with van der Waals surface area (Å²) in [5.74, 6) is 0.812. The Morgan fingerprint density at radius 2 is 1.28 bits per heavy atom. The van der Waals surface area contributed by atoms with Gasteiger partial charge in [-0.1, -0.05) is 6.07 Å². The Bertz CT molecular complexity index is 701. The molecule has 29 heavy (non-hydrogen) atoms. The number of nitrogens with zero attached hydrogens (tertiary/aromatic N) is 1. The molecule has 0 saturated heterocycles. The summed E-state index contributed by atoms with van der Waals surface area (Å²) in [6.45, 7) is 2.31. The van der Waals surface area contributed by atoms with E-state index in [1.807, 2.05) is 0 Å². The summed E-state index contributed by atoms with van der Waals surface area (Å²) in [5, 5.41) is 8.47. The van der Waals surface area contributed by atoms with Crippen LogP contribution < -0.4 is 5.73 Å². The highest BCUT2D eigenvalue weighted by Crippen LogP contribution is 2.31. The minimum atomic E-state index is 0.316. The quantitative estimate of drug-likeness (QED) is 0.438. The number of nitrogens with two attached hydrogens (primary N) is 1. The molecule has 162 valence electrons. The van der Waals surface area contributed by atoms with Crippen LogP contribution in [0.2, 0.25) is 0 Å². The van der Waals surface area contributed by atoms with Gasteiger partial charge in [0.1, 0.15) is 5.84 Å². The Labute approximate surface area is 175 Å². The van der Waals surface area contributed by atoms with Crippen LogP contribution in [0, 0.1) is 5.41 Å². The molecule has 0 atom stereocenters. The highest BCUT2D eigenvalue weighted by Gasteiger charge is 2.27. The molecule has 6 nitrogen and oxygen atoms in total. The van der Waals surface area contributed by atoms with E-state index < -0.39 is 0 Å². The molecule has 0 aliphatic carbocycles. The maximum Gasteiger partial charge on any atom is 0.155 e. The third-order valence-corrected chi connectivity index (χ3v) is 5.45. The summed E-state index contributed by atoms with van der Waals surface area (Å²) >= 11 is 0. The van der Waals surface area contributed by atoms with Crippen LogP contribution in [0.25, 0.3) is 0 Å². The molecule has 0 amide bonds. The van der Waals surface area contributed by atoms with Crippen molar-refractivity contribution >= 4 is 11.7 Å². The minimum absolute atomic E-state index is 0.316. The van der Waals surface area contributed by atoms with Crippen LogP contribution in [0.4, 0.5) is 0 Å². The van der Waals surface area contributed by atoms with Crippen molar-refractivity contribution < 1.29 is 14.2 Å². The number of unbranched alkanes of at least 4 members (excludes halogenated alkanes) is 3. The maximum absolute atomic E-state index is 8.47. The second kappa shape index (κ2) is 12.7. The van der Waals surface area contributed by atoms with Crippen molar-refractivity contribution in [3.8, 4) is 0 Å². The van der Waals surface area contributed by atoms with E-state index in [9.17, 15) is 0 Å². The zero-order valence-electron chi connectivity index (χ0n) is 18.3. The Morgan fingerprint density at radius 3 is 1.83 bits per heavy atom. The van der Waals surface area contributed by atoms with E-state index in [2.05, 4.69) is 11.1 Å². The SMILES string of the molecule is COCCCCc1cc(CCCCOC)c2c(c1CCCCOC)C(=N)N=C2N. The summed E-state index contributed by atoms with van der Waals surface area (Å²) in [4.78, 5) is 4.33. The lowest BCUT2D eigenvalue weighted by Crippen LogP contribution is -2.16. The van der Waals surface area contributed by atoms with Gasteiger partial charge in [0.15, 0.2) is 5.84 Å². The molecule has 3 N–H and O–H groups in total. The van der Waals surface area contributed by atoms with E-state index in [1.54, 1.807) is 21.3 Å². The second-order valence-electron chi connectivity index (χ2n) is 7.62. The molecule has 0 radical (unpaired) electrons. The molecular weight excluding hydrogens is 366 g/mol. The number of aliphatic imine (C=N–C) groups is 1. The first-order chi connectivity index (χ1) is 14.1. The minimum Gasteiger partial charge on any atom is -0.385 e. The van der Waals surface area contributed by atoms with Crippen molar-refractivity contribution in [1.82, 2.24) is 0 Å². The average Bonchev–Trinajstić information content (AvgIpc) is 3.01. The first-order valence-electron chi connectivity index (χ1n) is 10.7. The van der Waals surface area contributed by atoms with Gasteiger partial charge >= 0.3 is 0 Å². The summed E-state index contributed by atoms with van der Waals surface area (Å²) in [7, 11) is 5.22. The van der Waals surface area contributed by atoms with Crippen molar-refractivity contribution in [2.24, 2.45) is 10.7 Å². The van der Waals surface area contributed by atoms with Gasteiger partial charge in [-0.3, -0.25) is 5.41 Å². The van der Waals surface area contributed by atoms with Crippen molar-refractivity contribution in [1.29, 1.82) is 5.41 Å². The molecule has 0 unspecified atom stereocenters. The van der Waals surface area contributed by atoms with Gasteiger partial charge in [0.2, 0.25) is 0 Å². The van der Waals surface area contributed by atoms with Gasteiger partial charge in [0.25, 0.3) is 0 Å². The lowest BCUT2D eigenvalue weighted by atomic mass is 9.86. The number of amidine groups is 2. The van der Waals surface area contributed by atoms with E-state index in [4.69, 9.17) is 25.4 Å². The number of ether oxygens (including phenoxy) is 3. The molecule has 2 rings (SSSR count). The van der Waals surface area contributed by atoms with Crippen LogP contribution in [0.5, 0.6) is 0 Å². The number of hydrogen-bond acceptors (Lipinski definition) is 5. The van der Waals surface area contributed by atoms with Crippen LogP contribution in [0.3, 0.4) is 0 Å². The number of aryl methyl sites for hydroxylation is 2. The number of nitrogens with one attached hydrogen (secondary N) is 1. The van der Waals surface area contributed by atoms with Gasteiger partial charge in [0, 0.05) is 52.3 Å². The van der Waals surface area contributed by atoms with Crippen LogP contribution >= 0.6 is 0 Å². The number of fused-ring (bicyclic) bond motifs is 1. The van der Waals surface area contributed by atoms with Crippen LogP contribution in [-0.2, 0) is 33.5 Å². The first-order valence-corrected chi connectivity index (χ1v) is 10.7. The number of hydrogen-bond donors (Lipinski definition) is 2. The molecule has 1 aromatic rings. The third-order valence-electron chi connectivity index (χ3n) is 5.45. The summed E-state index contributed by atoms with van der Waals surface area (Å²) < 4.78 is 15.6. The number of rotatable bonds is 15. The zero-order valence-corrected chi connectivity index (χ0v) is 18.3. The Balaban J connectivity index is 2.31. The zero-order chi connectivity index (χ0) is 21.1. The standard InChI is InChI=1S/C23H37N3O3/c1-27-13-7-4-10-17-16-18(11-5-8-14-28-2)20-21(23(25)26-22(20)24)19(17)12-6-9-15-29-3/h16H,4-15H2,1-3H3,(H3,24,25,26). The Kier molecular flexibility index (Phi) is 10.3. The Hall–Kier alpha value is -1.76. The molecular formula is C23H37N3O3. The van der Waals surface area contributed by atoms with Gasteiger partial charge in [-0.05, 0) is 74.5 Å². The molecule has 1 aliphatic heterocycles. The van der Waals surface area contributed by atoms with Crippen molar-refractivity contribution in [3.05, 3.63) is 33.9 Å². The molecule has 0 aromatic heterocycles. The average molecular weight is 404 g/mol. The lowest BCUT2D eigenvalue weighted by Gasteiger charge is -2.19. The fraction of sp³-hybridized carbons (Fsp3) is 0.652. The Morgan fingerprint density at radius 1 is 0.759 bits per heavy atom. The molecule has 0 bridgehead atoms. The first kappa shape index (κ1) is 23.5. The van der Waals surface area contributed by atoms with Gasteiger partial charge in [-0.2, -0.15) is 0 Å². The van der Waals surface area contributed by atoms with Gasteiger partial charge < -0.3 is 19.9 Å². The van der Waals surface area contributed by atoms with Gasteiger partial charge in [-0.25, -0.2) is 4.99 Å². The summed E-state index contributed by atoms with van der Waals surface area (Å²) in [6, 6.07) is 2.32. The van der Waals surface area contributed by atoms with Crippen molar-refractivity contribution in [2.45, 2.75) is 57.8 Å². The van der Waals surface area contributed by atoms with Gasteiger partial charge in [0.05, 0.1) is 0 Å².